The first kappa shape index (κ1) is 16.1. The second-order valence-electron chi connectivity index (χ2n) is 5.52. The monoisotopic (exact) mass is 326 g/mol. The number of aryl methyl sites for hydroxylation is 1. The molecule has 0 saturated carbocycles. The quantitative estimate of drug-likeness (QED) is 0.808. The summed E-state index contributed by atoms with van der Waals surface area (Å²) in [5.41, 5.74) is 1.95. The van der Waals surface area contributed by atoms with E-state index < -0.39 is 12.1 Å². The molecule has 5 nitrogen and oxygen atoms in total. The molecule has 1 aliphatic carbocycles. The predicted octanol–water partition coefficient (Wildman–Crippen LogP) is 3.06. The summed E-state index contributed by atoms with van der Waals surface area (Å²) in [6, 6.07) is 12.2. The molecular formula is C19H18O5. The molecule has 0 heterocycles. The van der Waals surface area contributed by atoms with Crippen molar-refractivity contribution in [2.24, 2.45) is 0 Å². The van der Waals surface area contributed by atoms with E-state index in [0.717, 1.165) is 5.56 Å². The fourth-order valence-corrected chi connectivity index (χ4v) is 2.84. The van der Waals surface area contributed by atoms with Crippen molar-refractivity contribution >= 4 is 11.8 Å². The minimum Gasteiger partial charge on any atom is -0.493 e. The number of esters is 1. The third-order valence-electron chi connectivity index (χ3n) is 4.12. The lowest BCUT2D eigenvalue weighted by molar-refractivity contribution is 0.0257. The zero-order valence-electron chi connectivity index (χ0n) is 13.6. The van der Waals surface area contributed by atoms with E-state index in [9.17, 15) is 9.59 Å². The number of Topliss-reactive ketones (excluding diaryl/α,β-unsaturated/α-hetero) is 1. The Labute approximate surface area is 140 Å². The number of ketones is 1. The van der Waals surface area contributed by atoms with E-state index in [1.54, 1.807) is 24.3 Å². The highest BCUT2D eigenvalue weighted by atomic mass is 16.5. The number of rotatable bonds is 4. The Bertz CT molecular complexity index is 781. The average Bonchev–Trinajstić information content (AvgIpc) is 2.63. The van der Waals surface area contributed by atoms with E-state index in [2.05, 4.69) is 0 Å². The maximum atomic E-state index is 12.5. The second kappa shape index (κ2) is 6.74. The zero-order valence-corrected chi connectivity index (χ0v) is 13.6. The van der Waals surface area contributed by atoms with Gasteiger partial charge in [-0.3, -0.25) is 4.79 Å². The molecule has 1 aliphatic rings. The fraction of sp³-hybridized carbons (Fsp3) is 0.263. The molecule has 1 atom stereocenters. The minimum absolute atomic E-state index is 0.148. The van der Waals surface area contributed by atoms with Crippen LogP contribution in [0.3, 0.4) is 0 Å². The average molecular weight is 326 g/mol. The summed E-state index contributed by atoms with van der Waals surface area (Å²) >= 11 is 0. The van der Waals surface area contributed by atoms with E-state index in [-0.39, 0.29) is 5.78 Å². The van der Waals surface area contributed by atoms with Crippen LogP contribution in [0.2, 0.25) is 0 Å². The zero-order chi connectivity index (χ0) is 17.1. The lowest BCUT2D eigenvalue weighted by Gasteiger charge is -2.23. The summed E-state index contributed by atoms with van der Waals surface area (Å²) in [5, 5.41) is 0. The van der Waals surface area contributed by atoms with Gasteiger partial charge >= 0.3 is 5.97 Å². The molecule has 0 radical (unpaired) electrons. The van der Waals surface area contributed by atoms with E-state index in [0.29, 0.717) is 35.5 Å². The molecule has 2 aromatic rings. The highest BCUT2D eigenvalue weighted by molar-refractivity contribution is 6.03. The third kappa shape index (κ3) is 2.97. The van der Waals surface area contributed by atoms with Crippen LogP contribution < -0.4 is 9.47 Å². The van der Waals surface area contributed by atoms with Crippen molar-refractivity contribution in [3.8, 4) is 11.5 Å². The van der Waals surface area contributed by atoms with Gasteiger partial charge in [-0.15, -0.1) is 0 Å². The van der Waals surface area contributed by atoms with Gasteiger partial charge in [0, 0.05) is 5.56 Å². The smallest absolute Gasteiger partial charge is 0.338 e. The Morgan fingerprint density at radius 3 is 2.54 bits per heavy atom. The Morgan fingerprint density at radius 2 is 1.79 bits per heavy atom. The minimum atomic E-state index is -0.750. The van der Waals surface area contributed by atoms with Crippen LogP contribution in [0.15, 0.2) is 42.5 Å². The van der Waals surface area contributed by atoms with Crippen molar-refractivity contribution in [2.75, 3.05) is 14.2 Å². The van der Waals surface area contributed by atoms with Gasteiger partial charge in [0.2, 0.25) is 5.78 Å². The highest BCUT2D eigenvalue weighted by Crippen LogP contribution is 2.29. The topological polar surface area (TPSA) is 61.8 Å². The first-order chi connectivity index (χ1) is 11.6. The maximum Gasteiger partial charge on any atom is 0.338 e. The van der Waals surface area contributed by atoms with Crippen molar-refractivity contribution in [3.63, 3.8) is 0 Å². The molecule has 0 unspecified atom stereocenters. The van der Waals surface area contributed by atoms with E-state index in [4.69, 9.17) is 14.2 Å². The van der Waals surface area contributed by atoms with Crippen LogP contribution in [0, 0.1) is 0 Å². The number of benzene rings is 2. The summed E-state index contributed by atoms with van der Waals surface area (Å²) in [4.78, 5) is 24.9. The van der Waals surface area contributed by atoms with Crippen LogP contribution in [0.4, 0.5) is 0 Å². The predicted molar refractivity (Wildman–Crippen MR) is 87.8 cm³/mol. The van der Waals surface area contributed by atoms with Crippen LogP contribution in [0.25, 0.3) is 0 Å². The standard InChI is InChI=1S/C19H18O5/c1-22-15-9-8-13(11-17(15)23-2)19(21)24-16-10-7-12-5-3-4-6-14(12)18(16)20/h3-6,8-9,11,16H,7,10H2,1-2H3/t16-/m0/s1. The first-order valence-corrected chi connectivity index (χ1v) is 7.69. The number of hydrogen-bond donors (Lipinski definition) is 0. The molecular weight excluding hydrogens is 308 g/mol. The van der Waals surface area contributed by atoms with Crippen molar-refractivity contribution < 1.29 is 23.8 Å². The number of hydrogen-bond acceptors (Lipinski definition) is 5. The Balaban J connectivity index is 1.77. The molecule has 5 heteroatoms. The van der Waals surface area contributed by atoms with Crippen molar-refractivity contribution in [3.05, 3.63) is 59.2 Å². The summed E-state index contributed by atoms with van der Waals surface area (Å²) in [6.07, 6.45) is 0.459. The van der Waals surface area contributed by atoms with Gasteiger partial charge in [0.15, 0.2) is 17.6 Å². The van der Waals surface area contributed by atoms with Crippen LogP contribution in [-0.4, -0.2) is 32.1 Å². The van der Waals surface area contributed by atoms with Gasteiger partial charge < -0.3 is 14.2 Å². The Kier molecular flexibility index (Phi) is 4.51. The Hall–Kier alpha value is -2.82. The summed E-state index contributed by atoms with van der Waals surface area (Å²) in [6.45, 7) is 0. The molecule has 0 saturated heterocycles. The van der Waals surface area contributed by atoms with Gasteiger partial charge in [-0.1, -0.05) is 24.3 Å². The number of ether oxygens (including phenoxy) is 3. The lowest BCUT2D eigenvalue weighted by Crippen LogP contribution is -2.32. The van der Waals surface area contributed by atoms with Gasteiger partial charge in [0.1, 0.15) is 0 Å². The van der Waals surface area contributed by atoms with Crippen LogP contribution in [-0.2, 0) is 11.2 Å². The van der Waals surface area contributed by atoms with Gasteiger partial charge in [-0.05, 0) is 36.6 Å². The first-order valence-electron chi connectivity index (χ1n) is 7.69. The molecule has 0 spiro atoms. The maximum absolute atomic E-state index is 12.5. The van der Waals surface area contributed by atoms with Crippen LogP contribution in [0.5, 0.6) is 11.5 Å². The number of carbonyl (C=O) groups is 2. The summed E-state index contributed by atoms with van der Waals surface area (Å²) in [7, 11) is 3.02. The van der Waals surface area contributed by atoms with Gasteiger partial charge in [0.05, 0.1) is 19.8 Å². The van der Waals surface area contributed by atoms with Gasteiger partial charge in [-0.25, -0.2) is 4.79 Å². The molecule has 0 amide bonds. The number of carbonyl (C=O) groups excluding carboxylic acids is 2. The second-order valence-corrected chi connectivity index (χ2v) is 5.52. The molecule has 0 N–H and O–H groups in total. The molecule has 124 valence electrons. The fourth-order valence-electron chi connectivity index (χ4n) is 2.84. The van der Waals surface area contributed by atoms with Crippen molar-refractivity contribution in [2.45, 2.75) is 18.9 Å². The largest absolute Gasteiger partial charge is 0.493 e. The lowest BCUT2D eigenvalue weighted by atomic mass is 9.89. The third-order valence-corrected chi connectivity index (χ3v) is 4.12. The molecule has 24 heavy (non-hydrogen) atoms. The van der Waals surface area contributed by atoms with E-state index >= 15 is 0 Å². The SMILES string of the molecule is COc1ccc(C(=O)O[C@H]2CCc3ccccc3C2=O)cc1OC. The van der Waals surface area contributed by atoms with Gasteiger partial charge in [-0.2, -0.15) is 0 Å². The number of methoxy groups -OCH3 is 2. The summed E-state index contributed by atoms with van der Waals surface area (Å²) < 4.78 is 15.8. The van der Waals surface area contributed by atoms with Crippen LogP contribution >= 0.6 is 0 Å². The molecule has 0 fully saturated rings. The van der Waals surface area contributed by atoms with E-state index in [1.165, 1.54) is 14.2 Å². The molecule has 2 aromatic carbocycles. The molecule has 0 bridgehead atoms. The normalized spacial score (nSPS) is 16.2. The summed E-state index contributed by atoms with van der Waals surface area (Å²) in [5.74, 6) is 0.267. The van der Waals surface area contributed by atoms with Crippen molar-refractivity contribution in [1.29, 1.82) is 0 Å². The van der Waals surface area contributed by atoms with E-state index in [1.807, 2.05) is 18.2 Å². The number of fused-ring (bicyclic) bond motifs is 1. The molecule has 0 aliphatic heterocycles. The Morgan fingerprint density at radius 1 is 1.04 bits per heavy atom. The molecule has 3 rings (SSSR count). The van der Waals surface area contributed by atoms with Crippen molar-refractivity contribution in [1.82, 2.24) is 0 Å². The van der Waals surface area contributed by atoms with Gasteiger partial charge in [0.25, 0.3) is 0 Å². The highest BCUT2D eigenvalue weighted by Gasteiger charge is 2.30. The van der Waals surface area contributed by atoms with Crippen LogP contribution in [0.1, 0.15) is 32.7 Å². The molecule has 0 aromatic heterocycles.